The molecule has 1 amide bonds. The molecule has 8 heteroatoms. The van der Waals surface area contributed by atoms with Crippen LogP contribution < -0.4 is 10.1 Å². The standard InChI is InChI=1S/C34H26FN3O4/c1-42-27-18-16-26(17-19-27)34-37-32(33(38-34)25-14-8-23(9-15-25)11-21-31(40)41)24-12-6-22(7-13-24)10-20-30(39)36-29-5-3-2-4-28(29)35/h2-21H,1H3,(H,36,39)(H,37,38)(H,40,41)/b20-10+,21-11+. The van der Waals surface area contributed by atoms with Crippen LogP contribution in [0.5, 0.6) is 5.75 Å². The Bertz CT molecular complexity index is 1770. The highest BCUT2D eigenvalue weighted by Gasteiger charge is 2.16. The van der Waals surface area contributed by atoms with Crippen LogP contribution >= 0.6 is 0 Å². The van der Waals surface area contributed by atoms with Crippen LogP contribution in [0.15, 0.2) is 109 Å². The molecule has 4 aromatic carbocycles. The normalized spacial score (nSPS) is 11.2. The van der Waals surface area contributed by atoms with E-state index in [4.69, 9.17) is 14.8 Å². The number of hydrogen-bond donors (Lipinski definition) is 3. The summed E-state index contributed by atoms with van der Waals surface area (Å²) in [4.78, 5) is 31.5. The molecule has 208 valence electrons. The van der Waals surface area contributed by atoms with Gasteiger partial charge in [0.25, 0.3) is 0 Å². The number of nitrogens with one attached hydrogen (secondary N) is 2. The minimum atomic E-state index is -1.01. The summed E-state index contributed by atoms with van der Waals surface area (Å²) >= 11 is 0. The van der Waals surface area contributed by atoms with Crippen LogP contribution in [0.2, 0.25) is 0 Å². The monoisotopic (exact) mass is 559 g/mol. The van der Waals surface area contributed by atoms with Crippen molar-refractivity contribution in [2.24, 2.45) is 0 Å². The number of rotatable bonds is 9. The lowest BCUT2D eigenvalue weighted by atomic mass is 10.0. The number of imidazole rings is 1. The van der Waals surface area contributed by atoms with Crippen molar-refractivity contribution in [3.05, 3.63) is 126 Å². The summed E-state index contributed by atoms with van der Waals surface area (Å²) in [5.74, 6) is -0.541. The molecule has 0 spiro atoms. The van der Waals surface area contributed by atoms with Crippen LogP contribution in [0.1, 0.15) is 11.1 Å². The van der Waals surface area contributed by atoms with Crippen molar-refractivity contribution in [3.63, 3.8) is 0 Å². The molecular weight excluding hydrogens is 533 g/mol. The van der Waals surface area contributed by atoms with Crippen molar-refractivity contribution in [1.82, 2.24) is 9.97 Å². The number of carbonyl (C=O) groups is 2. The van der Waals surface area contributed by atoms with Gasteiger partial charge in [0, 0.05) is 28.8 Å². The van der Waals surface area contributed by atoms with Gasteiger partial charge >= 0.3 is 5.97 Å². The molecule has 5 rings (SSSR count). The summed E-state index contributed by atoms with van der Waals surface area (Å²) in [6, 6.07) is 28.6. The number of carboxylic acids is 1. The van der Waals surface area contributed by atoms with Crippen molar-refractivity contribution < 1.29 is 23.8 Å². The van der Waals surface area contributed by atoms with Crippen LogP contribution in [-0.2, 0) is 9.59 Å². The second-order valence-corrected chi connectivity index (χ2v) is 9.26. The zero-order chi connectivity index (χ0) is 29.5. The maximum Gasteiger partial charge on any atom is 0.328 e. The highest BCUT2D eigenvalue weighted by atomic mass is 19.1. The predicted molar refractivity (Wildman–Crippen MR) is 162 cm³/mol. The Morgan fingerprint density at radius 1 is 0.810 bits per heavy atom. The van der Waals surface area contributed by atoms with E-state index in [1.807, 2.05) is 72.8 Å². The molecule has 1 heterocycles. The second-order valence-electron chi connectivity index (χ2n) is 9.26. The van der Waals surface area contributed by atoms with Crippen LogP contribution in [0, 0.1) is 5.82 Å². The Labute approximate surface area is 241 Å². The summed E-state index contributed by atoms with van der Waals surface area (Å²) in [6.07, 6.45) is 5.63. The van der Waals surface area contributed by atoms with Crippen molar-refractivity contribution in [1.29, 1.82) is 0 Å². The molecule has 0 saturated heterocycles. The molecule has 0 aliphatic heterocycles. The van der Waals surface area contributed by atoms with Gasteiger partial charge in [0.2, 0.25) is 5.91 Å². The SMILES string of the molecule is COc1ccc(-c2nc(-c3ccc(/C=C/C(=O)O)cc3)c(-c3ccc(/C=C/C(=O)Nc4ccccc4F)cc3)[nH]2)cc1. The molecular formula is C34H26FN3O4. The van der Waals surface area contributed by atoms with Gasteiger partial charge < -0.3 is 20.1 Å². The number of carboxylic acid groups (broad SMARTS) is 1. The number of carbonyl (C=O) groups excluding carboxylic acids is 1. The second kappa shape index (κ2) is 12.6. The van der Waals surface area contributed by atoms with Gasteiger partial charge in [-0.2, -0.15) is 0 Å². The first-order valence-corrected chi connectivity index (χ1v) is 13.0. The lowest BCUT2D eigenvalue weighted by Crippen LogP contribution is -2.08. The maximum atomic E-state index is 13.8. The Hall–Kier alpha value is -5.76. The Morgan fingerprint density at radius 3 is 2.02 bits per heavy atom. The minimum absolute atomic E-state index is 0.118. The molecule has 3 N–H and O–H groups in total. The molecule has 0 saturated carbocycles. The van der Waals surface area contributed by atoms with Crippen LogP contribution in [-0.4, -0.2) is 34.1 Å². The number of aliphatic carboxylic acids is 1. The molecule has 1 aromatic heterocycles. The van der Waals surface area contributed by atoms with E-state index in [9.17, 15) is 14.0 Å². The van der Waals surface area contributed by atoms with Gasteiger partial charge in [0.1, 0.15) is 17.4 Å². The molecule has 7 nitrogen and oxygen atoms in total. The third-order valence-corrected chi connectivity index (χ3v) is 6.43. The van der Waals surface area contributed by atoms with E-state index < -0.39 is 17.7 Å². The van der Waals surface area contributed by atoms with Crippen LogP contribution in [0.3, 0.4) is 0 Å². The Kier molecular flexibility index (Phi) is 8.34. The number of H-pyrrole nitrogens is 1. The van der Waals surface area contributed by atoms with Gasteiger partial charge in [-0.25, -0.2) is 14.2 Å². The van der Waals surface area contributed by atoms with E-state index in [1.165, 1.54) is 24.3 Å². The van der Waals surface area contributed by atoms with E-state index in [2.05, 4.69) is 10.3 Å². The number of amides is 1. The van der Waals surface area contributed by atoms with E-state index in [0.29, 0.717) is 5.82 Å². The lowest BCUT2D eigenvalue weighted by Gasteiger charge is -2.05. The summed E-state index contributed by atoms with van der Waals surface area (Å²) in [6.45, 7) is 0. The molecule has 0 unspecified atom stereocenters. The molecule has 0 aliphatic carbocycles. The smallest absolute Gasteiger partial charge is 0.328 e. The molecule has 0 fully saturated rings. The molecule has 5 aromatic rings. The molecule has 0 bridgehead atoms. The molecule has 0 atom stereocenters. The average Bonchev–Trinajstić information content (AvgIpc) is 3.46. The third-order valence-electron chi connectivity index (χ3n) is 6.43. The summed E-state index contributed by atoms with van der Waals surface area (Å²) in [5.41, 5.74) is 5.78. The number of para-hydroxylation sites is 1. The number of aromatic nitrogens is 2. The number of halogens is 1. The van der Waals surface area contributed by atoms with Crippen molar-refractivity contribution >= 4 is 29.7 Å². The number of ether oxygens (including phenoxy) is 1. The molecule has 0 aliphatic rings. The number of benzene rings is 4. The number of aromatic amines is 1. The summed E-state index contributed by atoms with van der Waals surface area (Å²) < 4.78 is 19.1. The quantitative estimate of drug-likeness (QED) is 0.164. The highest BCUT2D eigenvalue weighted by Crippen LogP contribution is 2.34. The van der Waals surface area contributed by atoms with E-state index in [-0.39, 0.29) is 5.69 Å². The molecule has 42 heavy (non-hydrogen) atoms. The largest absolute Gasteiger partial charge is 0.497 e. The molecule has 0 radical (unpaired) electrons. The fourth-order valence-electron chi connectivity index (χ4n) is 4.27. The third kappa shape index (κ3) is 6.68. The van der Waals surface area contributed by atoms with Crippen molar-refractivity contribution in [2.45, 2.75) is 0 Å². The van der Waals surface area contributed by atoms with Gasteiger partial charge in [0.15, 0.2) is 0 Å². The highest BCUT2D eigenvalue weighted by molar-refractivity contribution is 6.02. The Morgan fingerprint density at radius 2 is 1.40 bits per heavy atom. The first kappa shape index (κ1) is 27.8. The predicted octanol–water partition coefficient (Wildman–Crippen LogP) is 7.31. The first-order valence-electron chi connectivity index (χ1n) is 13.0. The zero-order valence-corrected chi connectivity index (χ0v) is 22.5. The van der Waals surface area contributed by atoms with Crippen LogP contribution in [0.25, 0.3) is 46.1 Å². The minimum Gasteiger partial charge on any atom is -0.497 e. The number of anilines is 1. The number of hydrogen-bond acceptors (Lipinski definition) is 4. The lowest BCUT2D eigenvalue weighted by molar-refractivity contribution is -0.131. The van der Waals surface area contributed by atoms with Gasteiger partial charge in [-0.1, -0.05) is 60.7 Å². The fourth-order valence-corrected chi connectivity index (χ4v) is 4.27. The number of methoxy groups -OCH3 is 1. The fraction of sp³-hybridized carbons (Fsp3) is 0.0294. The Balaban J connectivity index is 1.43. The average molecular weight is 560 g/mol. The van der Waals surface area contributed by atoms with Crippen molar-refractivity contribution in [3.8, 4) is 39.7 Å². The van der Waals surface area contributed by atoms with Gasteiger partial charge in [-0.15, -0.1) is 0 Å². The van der Waals surface area contributed by atoms with Gasteiger partial charge in [-0.3, -0.25) is 4.79 Å². The van der Waals surface area contributed by atoms with E-state index >= 15 is 0 Å². The zero-order valence-electron chi connectivity index (χ0n) is 22.5. The maximum absolute atomic E-state index is 13.8. The van der Waals surface area contributed by atoms with Crippen molar-refractivity contribution in [2.75, 3.05) is 12.4 Å². The van der Waals surface area contributed by atoms with E-state index in [1.54, 1.807) is 25.3 Å². The number of nitrogens with zero attached hydrogens (tertiary/aromatic N) is 1. The van der Waals surface area contributed by atoms with Gasteiger partial charge in [-0.05, 0) is 59.7 Å². The summed E-state index contributed by atoms with van der Waals surface area (Å²) in [7, 11) is 1.61. The van der Waals surface area contributed by atoms with E-state index in [0.717, 1.165) is 51.0 Å². The summed E-state index contributed by atoms with van der Waals surface area (Å²) in [5, 5.41) is 11.4. The van der Waals surface area contributed by atoms with Crippen LogP contribution in [0.4, 0.5) is 10.1 Å². The first-order chi connectivity index (χ1) is 20.4. The topological polar surface area (TPSA) is 104 Å². The van der Waals surface area contributed by atoms with Gasteiger partial charge in [0.05, 0.1) is 24.2 Å².